The van der Waals surface area contributed by atoms with Gasteiger partial charge in [-0.05, 0) is 54.8 Å². The highest BCUT2D eigenvalue weighted by molar-refractivity contribution is 7.91. The molecule has 2 saturated heterocycles. The number of amides is 1. The highest BCUT2D eigenvalue weighted by atomic mass is 32.2. The molecule has 3 aliphatic heterocycles. The van der Waals surface area contributed by atoms with Crippen LogP contribution in [-0.2, 0) is 14.8 Å². The van der Waals surface area contributed by atoms with Gasteiger partial charge >= 0.3 is 0 Å². The van der Waals surface area contributed by atoms with E-state index in [2.05, 4.69) is 0 Å². The van der Waals surface area contributed by atoms with Crippen LogP contribution in [0.25, 0.3) is 0 Å². The molecule has 1 atom stereocenters. The molecule has 4 heterocycles. The van der Waals surface area contributed by atoms with E-state index in [4.69, 9.17) is 9.47 Å². The van der Waals surface area contributed by atoms with E-state index in [1.807, 2.05) is 23.1 Å². The summed E-state index contributed by atoms with van der Waals surface area (Å²) in [4.78, 5) is 15.3. The first-order valence-corrected chi connectivity index (χ1v) is 13.1. The standard InChI is InChI=1S/C22H26N2O5S2/c25-22(16-7-10-23(11-8-16)31(26,27)21-4-2-14-30-21)24-9-1-3-18(24)17-5-6-19-20(15-17)29-13-12-28-19/h2,4-6,14-16,18H,1,3,7-13H2/t18-/m0/s1. The molecule has 9 heteroatoms. The zero-order valence-electron chi connectivity index (χ0n) is 17.2. The molecule has 0 unspecified atom stereocenters. The highest BCUT2D eigenvalue weighted by Gasteiger charge is 2.38. The molecule has 1 aromatic heterocycles. The predicted octanol–water partition coefficient (Wildman–Crippen LogP) is 3.28. The molecule has 1 amide bonds. The van der Waals surface area contributed by atoms with Crippen LogP contribution in [-0.4, -0.2) is 56.4 Å². The van der Waals surface area contributed by atoms with Gasteiger partial charge in [0.2, 0.25) is 5.91 Å². The summed E-state index contributed by atoms with van der Waals surface area (Å²) in [7, 11) is -3.45. The van der Waals surface area contributed by atoms with E-state index < -0.39 is 10.0 Å². The molecule has 0 bridgehead atoms. The van der Waals surface area contributed by atoms with Crippen LogP contribution in [0.1, 0.15) is 37.3 Å². The third-order valence-corrected chi connectivity index (χ3v) is 9.65. The van der Waals surface area contributed by atoms with Crippen LogP contribution < -0.4 is 9.47 Å². The number of rotatable bonds is 4. The van der Waals surface area contributed by atoms with Crippen molar-refractivity contribution in [2.45, 2.75) is 35.9 Å². The van der Waals surface area contributed by atoms with Crippen LogP contribution >= 0.6 is 11.3 Å². The Kier molecular flexibility index (Phi) is 5.66. The van der Waals surface area contributed by atoms with Crippen LogP contribution in [0.3, 0.4) is 0 Å². The smallest absolute Gasteiger partial charge is 0.252 e. The monoisotopic (exact) mass is 462 g/mol. The maximum Gasteiger partial charge on any atom is 0.252 e. The summed E-state index contributed by atoms with van der Waals surface area (Å²) in [6, 6.07) is 9.38. The van der Waals surface area contributed by atoms with Gasteiger partial charge in [0.05, 0.1) is 6.04 Å². The van der Waals surface area contributed by atoms with Gasteiger partial charge < -0.3 is 14.4 Å². The number of carbonyl (C=O) groups excluding carboxylic acids is 1. The molecule has 0 N–H and O–H groups in total. The minimum absolute atomic E-state index is 0.0382. The SMILES string of the molecule is O=C(C1CCN(S(=O)(=O)c2cccs2)CC1)N1CCC[C@H]1c1ccc2c(c1)OCCO2. The van der Waals surface area contributed by atoms with Crippen LogP contribution in [0.15, 0.2) is 39.9 Å². The predicted molar refractivity (Wildman–Crippen MR) is 117 cm³/mol. The first kappa shape index (κ1) is 20.8. The van der Waals surface area contributed by atoms with Crippen molar-refractivity contribution in [1.82, 2.24) is 9.21 Å². The van der Waals surface area contributed by atoms with Crippen molar-refractivity contribution >= 4 is 27.3 Å². The number of likely N-dealkylation sites (tertiary alicyclic amines) is 1. The number of benzene rings is 1. The number of thiophene rings is 1. The van der Waals surface area contributed by atoms with Crippen molar-refractivity contribution in [2.75, 3.05) is 32.8 Å². The van der Waals surface area contributed by atoms with E-state index in [1.165, 1.54) is 15.6 Å². The van der Waals surface area contributed by atoms with E-state index in [0.29, 0.717) is 43.4 Å². The van der Waals surface area contributed by atoms with E-state index in [0.717, 1.165) is 36.4 Å². The molecule has 0 saturated carbocycles. The number of hydrogen-bond donors (Lipinski definition) is 0. The summed E-state index contributed by atoms with van der Waals surface area (Å²) < 4.78 is 38.7. The van der Waals surface area contributed by atoms with Gasteiger partial charge in [-0.15, -0.1) is 11.3 Å². The molecule has 5 rings (SSSR count). The van der Waals surface area contributed by atoms with Crippen molar-refractivity contribution in [3.8, 4) is 11.5 Å². The van der Waals surface area contributed by atoms with Crippen molar-refractivity contribution in [3.05, 3.63) is 41.3 Å². The van der Waals surface area contributed by atoms with Crippen molar-refractivity contribution in [3.63, 3.8) is 0 Å². The molecular weight excluding hydrogens is 436 g/mol. The fourth-order valence-electron chi connectivity index (χ4n) is 4.76. The summed E-state index contributed by atoms with van der Waals surface area (Å²) in [6.07, 6.45) is 3.02. The lowest BCUT2D eigenvalue weighted by molar-refractivity contribution is -0.137. The number of sulfonamides is 1. The maximum absolute atomic E-state index is 13.4. The Morgan fingerprint density at radius 1 is 1.00 bits per heavy atom. The molecule has 3 aliphatic rings. The lowest BCUT2D eigenvalue weighted by Gasteiger charge is -2.34. The Balaban J connectivity index is 1.26. The zero-order chi connectivity index (χ0) is 21.4. The van der Waals surface area contributed by atoms with E-state index >= 15 is 0 Å². The second-order valence-corrected chi connectivity index (χ2v) is 11.3. The van der Waals surface area contributed by atoms with E-state index in [-0.39, 0.29) is 17.9 Å². The summed E-state index contributed by atoms with van der Waals surface area (Å²) in [6.45, 7) is 2.61. The maximum atomic E-state index is 13.4. The molecule has 2 fully saturated rings. The highest BCUT2D eigenvalue weighted by Crippen LogP contribution is 2.39. The quantitative estimate of drug-likeness (QED) is 0.697. The summed E-state index contributed by atoms with van der Waals surface area (Å²) in [5, 5.41) is 1.77. The lowest BCUT2D eigenvalue weighted by Crippen LogP contribution is -2.44. The zero-order valence-corrected chi connectivity index (χ0v) is 18.9. The molecule has 0 radical (unpaired) electrons. The first-order chi connectivity index (χ1) is 15.0. The number of nitrogens with zero attached hydrogens (tertiary/aromatic N) is 2. The van der Waals surface area contributed by atoms with Gasteiger partial charge in [0.25, 0.3) is 10.0 Å². The van der Waals surface area contributed by atoms with E-state index in [9.17, 15) is 13.2 Å². The van der Waals surface area contributed by atoms with Gasteiger partial charge in [0, 0.05) is 25.6 Å². The first-order valence-electron chi connectivity index (χ1n) is 10.8. The lowest BCUT2D eigenvalue weighted by atomic mass is 9.95. The van der Waals surface area contributed by atoms with Gasteiger partial charge in [0.15, 0.2) is 11.5 Å². The van der Waals surface area contributed by atoms with Gasteiger partial charge in [-0.25, -0.2) is 8.42 Å². The number of piperidine rings is 1. The van der Waals surface area contributed by atoms with Gasteiger partial charge in [-0.1, -0.05) is 12.1 Å². The Morgan fingerprint density at radius 3 is 2.52 bits per heavy atom. The third-order valence-electron chi connectivity index (χ3n) is 6.38. The average Bonchev–Trinajstić information content (AvgIpc) is 3.51. The van der Waals surface area contributed by atoms with Crippen molar-refractivity contribution < 1.29 is 22.7 Å². The van der Waals surface area contributed by atoms with Gasteiger partial charge in [-0.3, -0.25) is 4.79 Å². The Hall–Kier alpha value is -2.10. The van der Waals surface area contributed by atoms with E-state index in [1.54, 1.807) is 17.5 Å². The topological polar surface area (TPSA) is 76.2 Å². The van der Waals surface area contributed by atoms with Crippen LogP contribution in [0.5, 0.6) is 11.5 Å². The summed E-state index contributed by atoms with van der Waals surface area (Å²) in [5.74, 6) is 1.51. The number of ether oxygens (including phenoxy) is 2. The fraction of sp³-hybridized carbons (Fsp3) is 0.500. The molecule has 0 spiro atoms. The van der Waals surface area contributed by atoms with Gasteiger partial charge in [-0.2, -0.15) is 4.31 Å². The number of fused-ring (bicyclic) bond motifs is 1. The molecule has 31 heavy (non-hydrogen) atoms. The Bertz CT molecular complexity index is 1050. The van der Waals surface area contributed by atoms with Gasteiger partial charge in [0.1, 0.15) is 17.4 Å². The molecule has 2 aromatic rings. The van der Waals surface area contributed by atoms with Crippen LogP contribution in [0.4, 0.5) is 0 Å². The second kappa shape index (κ2) is 8.44. The Morgan fingerprint density at radius 2 is 1.77 bits per heavy atom. The van der Waals surface area contributed by atoms with Crippen molar-refractivity contribution in [1.29, 1.82) is 0 Å². The molecular formula is C22H26N2O5S2. The number of hydrogen-bond acceptors (Lipinski definition) is 6. The molecule has 0 aliphatic carbocycles. The van der Waals surface area contributed by atoms with Crippen LogP contribution in [0.2, 0.25) is 0 Å². The second-order valence-electron chi connectivity index (χ2n) is 8.20. The fourth-order valence-corrected chi connectivity index (χ4v) is 7.37. The average molecular weight is 463 g/mol. The normalized spacial score (nSPS) is 22.6. The molecule has 1 aromatic carbocycles. The van der Waals surface area contributed by atoms with Crippen LogP contribution in [0, 0.1) is 5.92 Å². The third kappa shape index (κ3) is 3.94. The summed E-state index contributed by atoms with van der Waals surface area (Å²) >= 11 is 1.23. The molecule has 166 valence electrons. The van der Waals surface area contributed by atoms with Crippen molar-refractivity contribution in [2.24, 2.45) is 5.92 Å². The minimum atomic E-state index is -3.45. The number of carbonyl (C=O) groups is 1. The Labute approximate surface area is 186 Å². The minimum Gasteiger partial charge on any atom is -0.486 e. The largest absolute Gasteiger partial charge is 0.486 e. The summed E-state index contributed by atoms with van der Waals surface area (Å²) in [5.41, 5.74) is 1.08. The molecule has 7 nitrogen and oxygen atoms in total.